The number of sulfonamides is 2. The monoisotopic (exact) mass is 484 g/mol. The smallest absolute Gasteiger partial charge is 0.242 e. The molecule has 32 heavy (non-hydrogen) atoms. The minimum absolute atomic E-state index is 0.0294. The van der Waals surface area contributed by atoms with Crippen LogP contribution >= 0.6 is 0 Å². The first-order valence-electron chi connectivity index (χ1n) is 10.6. The summed E-state index contributed by atoms with van der Waals surface area (Å²) in [5.74, 6) is 0.343. The normalized spacial score (nSPS) is 19.0. The van der Waals surface area contributed by atoms with Crippen LogP contribution in [0.25, 0.3) is 11.4 Å². The first-order valence-corrected chi connectivity index (χ1v) is 13.6. The predicted octanol–water partition coefficient (Wildman–Crippen LogP) is -0.0899. The van der Waals surface area contributed by atoms with E-state index in [2.05, 4.69) is 25.3 Å². The van der Waals surface area contributed by atoms with Crippen LogP contribution in [0, 0.1) is 5.92 Å². The second kappa shape index (κ2) is 9.02. The van der Waals surface area contributed by atoms with E-state index in [1.54, 1.807) is 6.07 Å². The first-order chi connectivity index (χ1) is 15.2. The van der Waals surface area contributed by atoms with E-state index in [0.29, 0.717) is 44.1 Å². The van der Waals surface area contributed by atoms with E-state index in [1.165, 1.54) is 6.07 Å². The fraction of sp³-hybridized carbons (Fsp3) is 0.611. The molecule has 0 atom stereocenters. The molecule has 4 rings (SSSR count). The van der Waals surface area contributed by atoms with Gasteiger partial charge in [0.2, 0.25) is 25.9 Å². The maximum atomic E-state index is 13.2. The Kier molecular flexibility index (Phi) is 6.49. The molecule has 0 bridgehead atoms. The Morgan fingerprint density at radius 2 is 1.78 bits per heavy atom. The van der Waals surface area contributed by atoms with Crippen LogP contribution in [-0.4, -0.2) is 63.1 Å². The molecule has 2 heterocycles. The van der Waals surface area contributed by atoms with Gasteiger partial charge in [0.25, 0.3) is 0 Å². The van der Waals surface area contributed by atoms with Crippen LogP contribution < -0.4 is 20.5 Å². The molecule has 12 nitrogen and oxygen atoms in total. The molecule has 1 saturated carbocycles. The van der Waals surface area contributed by atoms with Crippen molar-refractivity contribution in [1.82, 2.24) is 25.3 Å². The number of anilines is 1. The highest BCUT2D eigenvalue weighted by atomic mass is 32.2. The average Bonchev–Trinajstić information content (AvgIpc) is 3.46. The van der Waals surface area contributed by atoms with Gasteiger partial charge in [0.15, 0.2) is 0 Å². The van der Waals surface area contributed by atoms with Crippen molar-refractivity contribution < 1.29 is 16.8 Å². The molecule has 176 valence electrons. The molecular weight excluding hydrogens is 456 g/mol. The summed E-state index contributed by atoms with van der Waals surface area (Å²) in [6.45, 7) is 1.84. The van der Waals surface area contributed by atoms with Crippen molar-refractivity contribution in [2.45, 2.75) is 54.4 Å². The molecule has 14 heteroatoms. The molecule has 0 spiro atoms. The lowest BCUT2D eigenvalue weighted by Gasteiger charge is -2.34. The molecule has 2 aliphatic rings. The van der Waals surface area contributed by atoms with E-state index in [4.69, 9.17) is 10.9 Å². The lowest BCUT2D eigenvalue weighted by molar-refractivity contribution is 0.414. The third-order valence-corrected chi connectivity index (χ3v) is 8.89. The van der Waals surface area contributed by atoms with Crippen molar-refractivity contribution in [3.05, 3.63) is 12.1 Å². The van der Waals surface area contributed by atoms with Gasteiger partial charge >= 0.3 is 0 Å². The Labute approximate surface area is 187 Å². The van der Waals surface area contributed by atoms with E-state index >= 15 is 0 Å². The standard InChI is InChI=1S/C18H28N8O4S2/c19-11-12-7-9-26(10-8-12)14-5-6-15(32(29,30)23-13-3-1-2-4-13)17(31(20,27)28)16(14)18-21-24-25-22-18/h5-6,12-13,23H,1-4,7-11,19H2,(H2,20,27,28)(H,21,22,24,25). The summed E-state index contributed by atoms with van der Waals surface area (Å²) < 4.78 is 54.6. The molecule has 2 fully saturated rings. The number of nitrogens with two attached hydrogens (primary N) is 2. The van der Waals surface area contributed by atoms with Gasteiger partial charge in [-0.15, -0.1) is 10.2 Å². The minimum Gasteiger partial charge on any atom is -0.371 e. The largest absolute Gasteiger partial charge is 0.371 e. The van der Waals surface area contributed by atoms with Crippen LogP contribution in [0.4, 0.5) is 5.69 Å². The first kappa shape index (κ1) is 23.0. The summed E-state index contributed by atoms with van der Waals surface area (Å²) in [6.07, 6.45) is 4.90. The molecule has 0 unspecified atom stereocenters. The van der Waals surface area contributed by atoms with E-state index in [1.807, 2.05) is 4.90 Å². The predicted molar refractivity (Wildman–Crippen MR) is 118 cm³/mol. The Hall–Kier alpha value is -2.13. The third-order valence-electron chi connectivity index (χ3n) is 6.21. The lowest BCUT2D eigenvalue weighted by atomic mass is 9.96. The molecule has 1 saturated heterocycles. The van der Waals surface area contributed by atoms with Gasteiger partial charge in [0, 0.05) is 24.8 Å². The Bertz CT molecular complexity index is 1150. The summed E-state index contributed by atoms with van der Waals surface area (Å²) in [7, 11) is -8.63. The number of rotatable bonds is 7. The number of tetrazole rings is 1. The zero-order valence-electron chi connectivity index (χ0n) is 17.6. The van der Waals surface area contributed by atoms with Crippen LogP contribution in [0.5, 0.6) is 0 Å². The van der Waals surface area contributed by atoms with Crippen LogP contribution in [0.2, 0.25) is 0 Å². The molecule has 1 aliphatic carbocycles. The number of hydrogen-bond acceptors (Lipinski definition) is 9. The number of piperidine rings is 1. The fourth-order valence-corrected chi connectivity index (χ4v) is 7.43. The van der Waals surface area contributed by atoms with E-state index < -0.39 is 29.8 Å². The summed E-state index contributed by atoms with van der Waals surface area (Å²) in [5, 5.41) is 19.3. The van der Waals surface area contributed by atoms with Crippen molar-refractivity contribution >= 4 is 25.7 Å². The molecule has 0 amide bonds. The zero-order valence-corrected chi connectivity index (χ0v) is 19.2. The maximum absolute atomic E-state index is 13.2. The molecule has 0 radical (unpaired) electrons. The van der Waals surface area contributed by atoms with Crippen molar-refractivity contribution in [2.75, 3.05) is 24.5 Å². The van der Waals surface area contributed by atoms with Gasteiger partial charge in [-0.05, 0) is 55.5 Å². The highest BCUT2D eigenvalue weighted by Crippen LogP contribution is 2.39. The number of benzene rings is 1. The Balaban J connectivity index is 1.87. The number of nitrogens with zero attached hydrogens (tertiary/aromatic N) is 4. The summed E-state index contributed by atoms with van der Waals surface area (Å²) in [5.41, 5.74) is 6.31. The van der Waals surface area contributed by atoms with Gasteiger partial charge in [0.05, 0.1) is 5.56 Å². The van der Waals surface area contributed by atoms with Crippen LogP contribution in [-0.2, 0) is 20.0 Å². The van der Waals surface area contributed by atoms with Gasteiger partial charge in [-0.1, -0.05) is 12.8 Å². The summed E-state index contributed by atoms with van der Waals surface area (Å²) >= 11 is 0. The van der Waals surface area contributed by atoms with Crippen molar-refractivity contribution in [2.24, 2.45) is 16.8 Å². The quantitative estimate of drug-likeness (QED) is 0.416. The maximum Gasteiger partial charge on any atom is 0.242 e. The fourth-order valence-electron chi connectivity index (χ4n) is 4.53. The number of aromatic amines is 1. The van der Waals surface area contributed by atoms with Crippen LogP contribution in [0.15, 0.2) is 21.9 Å². The summed E-state index contributed by atoms with van der Waals surface area (Å²) in [6, 6.07) is 2.65. The average molecular weight is 485 g/mol. The van der Waals surface area contributed by atoms with Gasteiger partial charge in [0.1, 0.15) is 9.79 Å². The van der Waals surface area contributed by atoms with Crippen LogP contribution in [0.3, 0.4) is 0 Å². The number of primary sulfonamides is 1. The topological polar surface area (TPSA) is 190 Å². The number of aromatic nitrogens is 4. The molecule has 2 aromatic rings. The van der Waals surface area contributed by atoms with Crippen LogP contribution in [0.1, 0.15) is 38.5 Å². The molecule has 1 aromatic heterocycles. The van der Waals surface area contributed by atoms with Gasteiger partial charge in [-0.3, -0.25) is 0 Å². The zero-order chi connectivity index (χ0) is 22.9. The molecule has 1 aromatic carbocycles. The van der Waals surface area contributed by atoms with E-state index in [-0.39, 0.29) is 17.4 Å². The van der Waals surface area contributed by atoms with Crippen molar-refractivity contribution in [3.8, 4) is 11.4 Å². The molecule has 6 N–H and O–H groups in total. The van der Waals surface area contributed by atoms with Crippen molar-refractivity contribution in [3.63, 3.8) is 0 Å². The Morgan fingerprint density at radius 3 is 2.34 bits per heavy atom. The number of H-pyrrole nitrogens is 1. The minimum atomic E-state index is -4.47. The summed E-state index contributed by atoms with van der Waals surface area (Å²) in [4.78, 5) is 1.04. The van der Waals surface area contributed by atoms with Gasteiger partial charge in [-0.25, -0.2) is 26.7 Å². The molecular formula is C18H28N8O4S2. The molecule has 1 aliphatic heterocycles. The Morgan fingerprint density at radius 1 is 1.09 bits per heavy atom. The number of nitrogens with one attached hydrogen (secondary N) is 2. The second-order valence-corrected chi connectivity index (χ2v) is 11.5. The van der Waals surface area contributed by atoms with Crippen molar-refractivity contribution in [1.29, 1.82) is 0 Å². The third kappa shape index (κ3) is 4.64. The highest BCUT2D eigenvalue weighted by molar-refractivity contribution is 7.92. The lowest BCUT2D eigenvalue weighted by Crippen LogP contribution is -2.37. The van der Waals surface area contributed by atoms with E-state index in [0.717, 1.165) is 25.7 Å². The van der Waals surface area contributed by atoms with Gasteiger partial charge in [-0.2, -0.15) is 5.21 Å². The highest BCUT2D eigenvalue weighted by Gasteiger charge is 2.35. The SMILES string of the molecule is NCC1CCN(c2ccc(S(=O)(=O)NC3CCCC3)c(S(N)(=O)=O)c2-c2nn[nH]n2)CC1. The van der Waals surface area contributed by atoms with E-state index in [9.17, 15) is 16.8 Å². The second-order valence-electron chi connectivity index (χ2n) is 8.34. The van der Waals surface area contributed by atoms with Gasteiger partial charge < -0.3 is 10.6 Å². The number of hydrogen-bond donors (Lipinski definition) is 4.